The van der Waals surface area contributed by atoms with Gasteiger partial charge in [0.05, 0.1) is 12.1 Å². The number of hydrogen-bond donors (Lipinski definition) is 3. The van der Waals surface area contributed by atoms with Crippen LogP contribution in [0.4, 0.5) is 17.6 Å². The van der Waals surface area contributed by atoms with Gasteiger partial charge < -0.3 is 15.7 Å². The van der Waals surface area contributed by atoms with Crippen molar-refractivity contribution < 1.29 is 22.7 Å². The lowest BCUT2D eigenvalue weighted by Crippen LogP contribution is -2.38. The number of hydrogen-bond acceptors (Lipinski definition) is 2. The smallest absolute Gasteiger partial charge is 0.416 e. The van der Waals surface area contributed by atoms with Gasteiger partial charge in [-0.2, -0.15) is 13.2 Å². The van der Waals surface area contributed by atoms with Gasteiger partial charge >= 0.3 is 6.18 Å². The molecule has 0 aliphatic heterocycles. The van der Waals surface area contributed by atoms with Crippen LogP contribution in [0.3, 0.4) is 0 Å². The van der Waals surface area contributed by atoms with Gasteiger partial charge in [-0.15, -0.1) is 0 Å². The molecule has 2 aromatic carbocycles. The number of nitrogens with one attached hydrogen (secondary N) is 2. The molecule has 2 aromatic rings. The SMILES string of the molecule is CCNC(=NCc1ccc(F)cc1C(F)(F)F)NCCc1cccc(O)c1. The largest absolute Gasteiger partial charge is 0.508 e. The lowest BCUT2D eigenvalue weighted by molar-refractivity contribution is -0.138. The van der Waals surface area contributed by atoms with Crippen molar-refractivity contribution in [2.24, 2.45) is 4.99 Å². The first-order valence-corrected chi connectivity index (χ1v) is 8.45. The number of halogens is 4. The third-order valence-electron chi connectivity index (χ3n) is 3.75. The molecule has 0 unspecified atom stereocenters. The van der Waals surface area contributed by atoms with E-state index >= 15 is 0 Å². The second-order valence-corrected chi connectivity index (χ2v) is 5.84. The van der Waals surface area contributed by atoms with Crippen molar-refractivity contribution in [2.75, 3.05) is 13.1 Å². The number of guanidine groups is 1. The van der Waals surface area contributed by atoms with Crippen molar-refractivity contribution >= 4 is 5.96 Å². The molecule has 146 valence electrons. The molecule has 2 rings (SSSR count). The maximum absolute atomic E-state index is 13.2. The zero-order valence-electron chi connectivity index (χ0n) is 14.8. The summed E-state index contributed by atoms with van der Waals surface area (Å²) in [6, 6.07) is 9.37. The Morgan fingerprint density at radius 1 is 1.11 bits per heavy atom. The summed E-state index contributed by atoms with van der Waals surface area (Å²) in [6.07, 6.45) is -4.04. The van der Waals surface area contributed by atoms with E-state index in [1.807, 2.05) is 13.0 Å². The molecule has 0 bridgehead atoms. The van der Waals surface area contributed by atoms with Gasteiger partial charge in [-0.1, -0.05) is 18.2 Å². The molecule has 0 aliphatic rings. The standard InChI is InChI=1S/C19H21F4N3O/c1-2-24-18(25-9-8-13-4-3-5-16(27)10-13)26-12-14-6-7-15(20)11-17(14)19(21,22)23/h3-7,10-11,27H,2,8-9,12H2,1H3,(H2,24,25,26). The molecule has 0 amide bonds. The molecular weight excluding hydrogens is 362 g/mol. The minimum absolute atomic E-state index is 0.103. The first-order chi connectivity index (χ1) is 12.8. The van der Waals surface area contributed by atoms with Gasteiger partial charge in [-0.3, -0.25) is 0 Å². The van der Waals surface area contributed by atoms with Gasteiger partial charge in [-0.05, 0) is 48.7 Å². The first-order valence-electron chi connectivity index (χ1n) is 8.45. The fourth-order valence-electron chi connectivity index (χ4n) is 2.49. The molecule has 0 aliphatic carbocycles. The molecule has 0 atom stereocenters. The number of phenolic OH excluding ortho intramolecular Hbond substituents is 1. The number of aromatic hydroxyl groups is 1. The van der Waals surface area contributed by atoms with E-state index in [-0.39, 0.29) is 17.9 Å². The van der Waals surface area contributed by atoms with Gasteiger partial charge in [0, 0.05) is 13.1 Å². The van der Waals surface area contributed by atoms with Crippen LogP contribution in [-0.4, -0.2) is 24.2 Å². The van der Waals surface area contributed by atoms with Crippen molar-refractivity contribution in [3.63, 3.8) is 0 Å². The second kappa shape index (κ2) is 9.25. The Hall–Kier alpha value is -2.77. The van der Waals surface area contributed by atoms with Gasteiger partial charge in [0.2, 0.25) is 0 Å². The van der Waals surface area contributed by atoms with E-state index in [0.717, 1.165) is 17.7 Å². The fraction of sp³-hybridized carbons (Fsp3) is 0.316. The first kappa shape index (κ1) is 20.5. The molecule has 0 radical (unpaired) electrons. The summed E-state index contributed by atoms with van der Waals surface area (Å²) in [7, 11) is 0. The average Bonchev–Trinajstić information content (AvgIpc) is 2.59. The van der Waals surface area contributed by atoms with Gasteiger partial charge in [0.15, 0.2) is 5.96 Å². The highest BCUT2D eigenvalue weighted by atomic mass is 19.4. The van der Waals surface area contributed by atoms with Gasteiger partial charge in [0.1, 0.15) is 11.6 Å². The Morgan fingerprint density at radius 2 is 1.89 bits per heavy atom. The number of aliphatic imine (C=N–C) groups is 1. The Balaban J connectivity index is 2.05. The topological polar surface area (TPSA) is 56.7 Å². The monoisotopic (exact) mass is 383 g/mol. The maximum Gasteiger partial charge on any atom is 0.416 e. The zero-order chi connectivity index (χ0) is 19.9. The van der Waals surface area contributed by atoms with Crippen LogP contribution in [0.2, 0.25) is 0 Å². The molecule has 27 heavy (non-hydrogen) atoms. The second-order valence-electron chi connectivity index (χ2n) is 5.84. The average molecular weight is 383 g/mol. The van der Waals surface area contributed by atoms with Crippen molar-refractivity contribution in [2.45, 2.75) is 26.1 Å². The van der Waals surface area contributed by atoms with Crippen LogP contribution in [0.25, 0.3) is 0 Å². The van der Waals surface area contributed by atoms with Crippen molar-refractivity contribution in [1.82, 2.24) is 10.6 Å². The van der Waals surface area contributed by atoms with E-state index in [1.54, 1.807) is 18.2 Å². The maximum atomic E-state index is 13.2. The Labute approximate surface area is 154 Å². The van der Waals surface area contributed by atoms with Crippen LogP contribution < -0.4 is 10.6 Å². The van der Waals surface area contributed by atoms with Crippen LogP contribution >= 0.6 is 0 Å². The highest BCUT2D eigenvalue weighted by Gasteiger charge is 2.33. The number of rotatable bonds is 6. The molecule has 0 fully saturated rings. The third kappa shape index (κ3) is 6.47. The summed E-state index contributed by atoms with van der Waals surface area (Å²) in [5.74, 6) is -0.412. The van der Waals surface area contributed by atoms with E-state index in [1.165, 1.54) is 0 Å². The highest BCUT2D eigenvalue weighted by molar-refractivity contribution is 5.79. The highest BCUT2D eigenvalue weighted by Crippen LogP contribution is 2.32. The summed E-state index contributed by atoms with van der Waals surface area (Å²) >= 11 is 0. The van der Waals surface area contributed by atoms with Crippen molar-refractivity contribution in [1.29, 1.82) is 0 Å². The summed E-state index contributed by atoms with van der Waals surface area (Å²) in [5, 5.41) is 15.4. The molecular formula is C19H21F4N3O. The molecule has 0 saturated heterocycles. The molecule has 0 spiro atoms. The van der Waals surface area contributed by atoms with Crippen LogP contribution in [0.15, 0.2) is 47.5 Å². The zero-order valence-corrected chi connectivity index (χ0v) is 14.8. The lowest BCUT2D eigenvalue weighted by Gasteiger charge is -2.14. The minimum atomic E-state index is -4.64. The summed E-state index contributed by atoms with van der Waals surface area (Å²) in [5.41, 5.74) is -0.216. The van der Waals surface area contributed by atoms with E-state index in [2.05, 4.69) is 15.6 Å². The van der Waals surface area contributed by atoms with E-state index in [0.29, 0.717) is 31.5 Å². The van der Waals surface area contributed by atoms with Crippen LogP contribution in [-0.2, 0) is 19.1 Å². The summed E-state index contributed by atoms with van der Waals surface area (Å²) in [6.45, 7) is 2.61. The number of alkyl halides is 3. The van der Waals surface area contributed by atoms with E-state index < -0.39 is 17.6 Å². The predicted octanol–water partition coefficient (Wildman–Crippen LogP) is 3.85. The molecule has 3 N–H and O–H groups in total. The van der Waals surface area contributed by atoms with Gasteiger partial charge in [0.25, 0.3) is 0 Å². The van der Waals surface area contributed by atoms with Crippen LogP contribution in [0, 0.1) is 5.82 Å². The molecule has 0 saturated carbocycles. The summed E-state index contributed by atoms with van der Waals surface area (Å²) < 4.78 is 52.3. The minimum Gasteiger partial charge on any atom is -0.508 e. The Morgan fingerprint density at radius 3 is 2.56 bits per heavy atom. The molecule has 0 aromatic heterocycles. The van der Waals surface area contributed by atoms with Crippen molar-refractivity contribution in [3.8, 4) is 5.75 Å². The Bertz CT molecular complexity index is 791. The number of phenols is 1. The quantitative estimate of drug-likeness (QED) is 0.404. The Kier molecular flexibility index (Phi) is 7.04. The molecule has 0 heterocycles. The van der Waals surface area contributed by atoms with Gasteiger partial charge in [-0.25, -0.2) is 9.38 Å². The van der Waals surface area contributed by atoms with E-state index in [4.69, 9.17) is 0 Å². The number of nitrogens with zero attached hydrogens (tertiary/aromatic N) is 1. The van der Waals surface area contributed by atoms with Crippen molar-refractivity contribution in [3.05, 3.63) is 65.0 Å². The fourth-order valence-corrected chi connectivity index (χ4v) is 2.49. The van der Waals surface area contributed by atoms with E-state index in [9.17, 15) is 22.7 Å². The normalized spacial score (nSPS) is 12.1. The molecule has 4 nitrogen and oxygen atoms in total. The lowest BCUT2D eigenvalue weighted by atomic mass is 10.1. The molecule has 8 heteroatoms. The third-order valence-corrected chi connectivity index (χ3v) is 3.75. The predicted molar refractivity (Wildman–Crippen MR) is 96.0 cm³/mol. The van der Waals surface area contributed by atoms with Crippen LogP contribution in [0.1, 0.15) is 23.6 Å². The number of benzene rings is 2. The summed E-state index contributed by atoms with van der Waals surface area (Å²) in [4.78, 5) is 4.16. The van der Waals surface area contributed by atoms with Crippen LogP contribution in [0.5, 0.6) is 5.75 Å².